The number of hydrogen-bond acceptors (Lipinski definition) is 5. The summed E-state index contributed by atoms with van der Waals surface area (Å²) in [5.41, 5.74) is 0.870. The van der Waals surface area contributed by atoms with Crippen LogP contribution in [0.3, 0.4) is 0 Å². The summed E-state index contributed by atoms with van der Waals surface area (Å²) < 4.78 is 22.3. The minimum atomic E-state index is -3.70. The van der Waals surface area contributed by atoms with Crippen molar-refractivity contribution in [2.75, 3.05) is 13.1 Å². The molecule has 0 spiro atoms. The Morgan fingerprint density at radius 1 is 1.04 bits per heavy atom. The van der Waals surface area contributed by atoms with Crippen LogP contribution in [0.4, 0.5) is 0 Å². The second-order valence-corrected chi connectivity index (χ2v) is 7.92. The summed E-state index contributed by atoms with van der Waals surface area (Å²) >= 11 is 1.49. The van der Waals surface area contributed by atoms with Crippen LogP contribution in [0.15, 0.2) is 46.7 Å². The fraction of sp³-hybridized carbons (Fsp3) is 0.250. The molecule has 2 aromatic rings. The van der Waals surface area contributed by atoms with Gasteiger partial charge in [0.05, 0.1) is 17.9 Å². The fourth-order valence-electron chi connectivity index (χ4n) is 2.07. The van der Waals surface area contributed by atoms with Gasteiger partial charge in [-0.1, -0.05) is 18.2 Å². The Hall–Kier alpha value is -2.23. The second kappa shape index (κ2) is 8.75. The van der Waals surface area contributed by atoms with Gasteiger partial charge in [-0.2, -0.15) is 0 Å². The zero-order chi connectivity index (χ0) is 18.3. The summed E-state index contributed by atoms with van der Waals surface area (Å²) in [7, 11) is -3.70. The van der Waals surface area contributed by atoms with Gasteiger partial charge in [-0.25, -0.2) is 13.6 Å². The molecule has 1 heterocycles. The fourth-order valence-corrected chi connectivity index (χ4v) is 3.29. The second-order valence-electron chi connectivity index (χ2n) is 5.32. The molecular weight excluding hydrogens is 362 g/mol. The minimum absolute atomic E-state index is 0.0498. The number of thiophene rings is 1. The Labute approximate surface area is 150 Å². The topological polar surface area (TPSA) is 118 Å². The van der Waals surface area contributed by atoms with E-state index in [1.165, 1.54) is 23.5 Å². The Kier molecular flexibility index (Phi) is 6.68. The van der Waals surface area contributed by atoms with E-state index in [9.17, 15) is 18.0 Å². The first kappa shape index (κ1) is 19.1. The highest BCUT2D eigenvalue weighted by Crippen LogP contribution is 2.09. The maximum absolute atomic E-state index is 11.7. The van der Waals surface area contributed by atoms with Gasteiger partial charge >= 0.3 is 0 Å². The highest BCUT2D eigenvalue weighted by Gasteiger charge is 2.08. The lowest BCUT2D eigenvalue weighted by Crippen LogP contribution is -2.38. The first-order valence-corrected chi connectivity index (χ1v) is 9.95. The number of rotatable bonds is 8. The lowest BCUT2D eigenvalue weighted by molar-refractivity contribution is -0.125. The molecule has 1 aromatic heterocycles. The van der Waals surface area contributed by atoms with E-state index in [0.717, 1.165) is 10.4 Å². The van der Waals surface area contributed by atoms with Crippen molar-refractivity contribution in [3.8, 4) is 0 Å². The average Bonchev–Trinajstić information content (AvgIpc) is 3.05. The molecule has 25 heavy (non-hydrogen) atoms. The third-order valence-corrected chi connectivity index (χ3v) is 5.15. The molecule has 2 amide bonds. The molecule has 134 valence electrons. The average molecular weight is 381 g/mol. The van der Waals surface area contributed by atoms with Gasteiger partial charge in [-0.05, 0) is 35.6 Å². The first-order chi connectivity index (χ1) is 11.8. The SMILES string of the molecule is NS(=O)(=O)c1ccc(CCNC(=O)CNC(=O)Cc2cccs2)cc1. The zero-order valence-corrected chi connectivity index (χ0v) is 15.0. The van der Waals surface area contributed by atoms with Crippen LogP contribution in [0.25, 0.3) is 0 Å². The number of hydrogen-bond donors (Lipinski definition) is 3. The van der Waals surface area contributed by atoms with E-state index in [-0.39, 0.29) is 29.7 Å². The number of nitrogens with one attached hydrogen (secondary N) is 2. The van der Waals surface area contributed by atoms with Crippen LogP contribution >= 0.6 is 11.3 Å². The van der Waals surface area contributed by atoms with Crippen molar-refractivity contribution in [1.82, 2.24) is 10.6 Å². The van der Waals surface area contributed by atoms with Gasteiger partial charge in [-0.3, -0.25) is 9.59 Å². The number of amides is 2. The molecule has 2 rings (SSSR count). The predicted molar refractivity (Wildman–Crippen MR) is 95.6 cm³/mol. The largest absolute Gasteiger partial charge is 0.354 e. The van der Waals surface area contributed by atoms with Crippen LogP contribution in [0.2, 0.25) is 0 Å². The molecule has 0 saturated carbocycles. The number of carbonyl (C=O) groups is 2. The van der Waals surface area contributed by atoms with Crippen LogP contribution in [-0.2, 0) is 32.5 Å². The van der Waals surface area contributed by atoms with Crippen molar-refractivity contribution < 1.29 is 18.0 Å². The molecule has 0 saturated heterocycles. The van der Waals surface area contributed by atoms with Gasteiger partial charge in [0.2, 0.25) is 21.8 Å². The van der Waals surface area contributed by atoms with Crippen LogP contribution in [0.1, 0.15) is 10.4 Å². The van der Waals surface area contributed by atoms with E-state index in [1.807, 2.05) is 17.5 Å². The standard InChI is InChI=1S/C16H19N3O4S2/c17-25(22,23)14-5-3-12(4-6-14)7-8-18-16(21)11-19-15(20)10-13-2-1-9-24-13/h1-6,9H,7-8,10-11H2,(H,18,21)(H,19,20)(H2,17,22,23). The van der Waals surface area contributed by atoms with Gasteiger partial charge in [0.15, 0.2) is 0 Å². The quantitative estimate of drug-likeness (QED) is 0.614. The Morgan fingerprint density at radius 2 is 1.76 bits per heavy atom. The van der Waals surface area contributed by atoms with E-state index in [0.29, 0.717) is 13.0 Å². The third-order valence-electron chi connectivity index (χ3n) is 3.35. The van der Waals surface area contributed by atoms with Crippen LogP contribution < -0.4 is 15.8 Å². The van der Waals surface area contributed by atoms with Crippen LogP contribution in [-0.4, -0.2) is 33.3 Å². The highest BCUT2D eigenvalue weighted by atomic mass is 32.2. The Morgan fingerprint density at radius 3 is 2.36 bits per heavy atom. The van der Waals surface area contributed by atoms with E-state index in [4.69, 9.17) is 5.14 Å². The van der Waals surface area contributed by atoms with E-state index in [2.05, 4.69) is 10.6 Å². The molecule has 1 aromatic carbocycles. The molecule has 0 bridgehead atoms. The van der Waals surface area contributed by atoms with Crippen molar-refractivity contribution in [1.29, 1.82) is 0 Å². The van der Waals surface area contributed by atoms with Crippen molar-refractivity contribution in [2.45, 2.75) is 17.7 Å². The Bertz CT molecular complexity index is 816. The van der Waals surface area contributed by atoms with Crippen molar-refractivity contribution >= 4 is 33.2 Å². The van der Waals surface area contributed by atoms with Crippen molar-refractivity contribution in [3.63, 3.8) is 0 Å². The van der Waals surface area contributed by atoms with Crippen molar-refractivity contribution in [3.05, 3.63) is 52.2 Å². The molecule has 9 heteroatoms. The molecule has 4 N–H and O–H groups in total. The van der Waals surface area contributed by atoms with Crippen LogP contribution in [0, 0.1) is 0 Å². The number of sulfonamides is 1. The van der Waals surface area contributed by atoms with Gasteiger partial charge in [0, 0.05) is 11.4 Å². The third kappa shape index (κ3) is 6.65. The molecule has 7 nitrogen and oxygen atoms in total. The molecule has 0 aliphatic rings. The highest BCUT2D eigenvalue weighted by molar-refractivity contribution is 7.89. The number of carbonyl (C=O) groups excluding carboxylic acids is 2. The molecular formula is C16H19N3O4S2. The summed E-state index contributed by atoms with van der Waals surface area (Å²) in [6, 6.07) is 9.89. The lowest BCUT2D eigenvalue weighted by Gasteiger charge is -2.07. The monoisotopic (exact) mass is 381 g/mol. The van der Waals surface area contributed by atoms with Gasteiger partial charge in [0.25, 0.3) is 0 Å². The summed E-state index contributed by atoms with van der Waals surface area (Å²) in [6.45, 7) is 0.308. The van der Waals surface area contributed by atoms with E-state index >= 15 is 0 Å². The lowest BCUT2D eigenvalue weighted by atomic mass is 10.1. The predicted octanol–water partition coefficient (Wildman–Crippen LogP) is 0.413. The summed E-state index contributed by atoms with van der Waals surface area (Å²) in [6.07, 6.45) is 0.807. The minimum Gasteiger partial charge on any atom is -0.354 e. The first-order valence-electron chi connectivity index (χ1n) is 7.52. The zero-order valence-electron chi connectivity index (χ0n) is 13.4. The number of nitrogens with two attached hydrogens (primary N) is 1. The van der Waals surface area contributed by atoms with E-state index < -0.39 is 10.0 Å². The number of benzene rings is 1. The summed E-state index contributed by atoms with van der Waals surface area (Å²) in [4.78, 5) is 24.4. The maximum atomic E-state index is 11.7. The summed E-state index contributed by atoms with van der Waals surface area (Å²) in [5.74, 6) is -0.475. The van der Waals surface area contributed by atoms with E-state index in [1.54, 1.807) is 12.1 Å². The summed E-state index contributed by atoms with van der Waals surface area (Å²) in [5, 5.41) is 12.2. The smallest absolute Gasteiger partial charge is 0.239 e. The molecule has 0 aliphatic carbocycles. The number of primary sulfonamides is 1. The molecule has 0 radical (unpaired) electrons. The molecule has 0 atom stereocenters. The maximum Gasteiger partial charge on any atom is 0.239 e. The van der Waals surface area contributed by atoms with Gasteiger partial charge in [0.1, 0.15) is 0 Å². The molecule has 0 aliphatic heterocycles. The molecule has 0 fully saturated rings. The van der Waals surface area contributed by atoms with Crippen LogP contribution in [0.5, 0.6) is 0 Å². The normalized spacial score (nSPS) is 11.1. The van der Waals surface area contributed by atoms with Gasteiger partial charge in [-0.15, -0.1) is 11.3 Å². The van der Waals surface area contributed by atoms with Gasteiger partial charge < -0.3 is 10.6 Å². The van der Waals surface area contributed by atoms with Crippen molar-refractivity contribution in [2.24, 2.45) is 5.14 Å². The molecule has 0 unspecified atom stereocenters. The Balaban J connectivity index is 1.67.